The van der Waals surface area contributed by atoms with Gasteiger partial charge in [0.1, 0.15) is 0 Å². The van der Waals surface area contributed by atoms with Crippen LogP contribution >= 0.6 is 0 Å². The highest BCUT2D eigenvalue weighted by molar-refractivity contribution is 5.74. The molecule has 0 saturated heterocycles. The second-order valence-electron chi connectivity index (χ2n) is 5.49. The number of carbonyl (C=O) groups excluding carboxylic acids is 1. The van der Waals surface area contributed by atoms with Gasteiger partial charge in [-0.05, 0) is 24.6 Å². The zero-order valence-electron chi connectivity index (χ0n) is 13.3. The SMILES string of the molecule is C[C@H](NC(=O)NC[C@@H](O)c1ccccc1)c1nnc2ccccn12. The first-order valence-corrected chi connectivity index (χ1v) is 7.72. The number of carbonyl (C=O) groups is 1. The summed E-state index contributed by atoms with van der Waals surface area (Å²) >= 11 is 0. The first-order chi connectivity index (χ1) is 11.6. The van der Waals surface area contributed by atoms with Gasteiger partial charge in [0.2, 0.25) is 0 Å². The molecule has 0 spiro atoms. The van der Waals surface area contributed by atoms with Crippen molar-refractivity contribution in [3.05, 3.63) is 66.1 Å². The Morgan fingerprint density at radius 1 is 1.17 bits per heavy atom. The standard InChI is InChI=1S/C17H19N5O2/c1-12(16-21-20-15-9-5-6-10-22(15)16)19-17(24)18-11-14(23)13-7-3-2-4-8-13/h2-10,12,14,23H,11H2,1H3,(H2,18,19,24)/t12-,14+/m0/s1. The predicted octanol–water partition coefficient (Wildman–Crippen LogP) is 1.82. The summed E-state index contributed by atoms with van der Waals surface area (Å²) in [5, 5.41) is 23.7. The number of nitrogens with one attached hydrogen (secondary N) is 2. The van der Waals surface area contributed by atoms with Gasteiger partial charge in [-0.25, -0.2) is 4.79 Å². The molecule has 7 nitrogen and oxygen atoms in total. The van der Waals surface area contributed by atoms with Gasteiger partial charge < -0.3 is 15.7 Å². The topological polar surface area (TPSA) is 91.5 Å². The highest BCUT2D eigenvalue weighted by Crippen LogP contribution is 2.12. The summed E-state index contributed by atoms with van der Waals surface area (Å²) in [5.41, 5.74) is 1.48. The van der Waals surface area contributed by atoms with E-state index < -0.39 is 6.10 Å². The van der Waals surface area contributed by atoms with Gasteiger partial charge in [0.25, 0.3) is 0 Å². The fourth-order valence-electron chi connectivity index (χ4n) is 2.45. The number of pyridine rings is 1. The third-order valence-corrected chi connectivity index (χ3v) is 3.72. The van der Waals surface area contributed by atoms with Gasteiger partial charge in [0.15, 0.2) is 11.5 Å². The number of hydrogen-bond acceptors (Lipinski definition) is 4. The second kappa shape index (κ2) is 7.10. The molecule has 2 atom stereocenters. The van der Waals surface area contributed by atoms with Crippen molar-refractivity contribution >= 4 is 11.7 Å². The summed E-state index contributed by atoms with van der Waals surface area (Å²) in [4.78, 5) is 12.0. The number of aliphatic hydroxyl groups is 1. The Morgan fingerprint density at radius 3 is 2.71 bits per heavy atom. The molecule has 0 aliphatic heterocycles. The van der Waals surface area contributed by atoms with Crippen LogP contribution in [-0.2, 0) is 0 Å². The molecule has 2 aromatic heterocycles. The van der Waals surface area contributed by atoms with E-state index in [0.29, 0.717) is 5.82 Å². The first kappa shape index (κ1) is 15.9. The van der Waals surface area contributed by atoms with Crippen LogP contribution in [0.1, 0.15) is 30.5 Å². The first-order valence-electron chi connectivity index (χ1n) is 7.72. The van der Waals surface area contributed by atoms with Crippen molar-refractivity contribution in [2.45, 2.75) is 19.1 Å². The Labute approximate surface area is 139 Å². The van der Waals surface area contributed by atoms with Gasteiger partial charge in [-0.2, -0.15) is 0 Å². The average molecular weight is 325 g/mol. The van der Waals surface area contributed by atoms with Gasteiger partial charge >= 0.3 is 6.03 Å². The Balaban J connectivity index is 1.57. The molecule has 0 radical (unpaired) electrons. The van der Waals surface area contributed by atoms with E-state index in [1.807, 2.05) is 66.1 Å². The minimum atomic E-state index is -0.749. The predicted molar refractivity (Wildman–Crippen MR) is 89.3 cm³/mol. The van der Waals surface area contributed by atoms with E-state index in [9.17, 15) is 9.90 Å². The van der Waals surface area contributed by atoms with Crippen molar-refractivity contribution in [1.29, 1.82) is 0 Å². The lowest BCUT2D eigenvalue weighted by atomic mass is 10.1. The van der Waals surface area contributed by atoms with E-state index in [1.165, 1.54) is 0 Å². The number of amides is 2. The van der Waals surface area contributed by atoms with Crippen LogP contribution in [0.15, 0.2) is 54.7 Å². The molecule has 2 amide bonds. The molecular weight excluding hydrogens is 306 g/mol. The third-order valence-electron chi connectivity index (χ3n) is 3.72. The average Bonchev–Trinajstić information content (AvgIpc) is 3.04. The highest BCUT2D eigenvalue weighted by atomic mass is 16.3. The summed E-state index contributed by atoms with van der Waals surface area (Å²) in [6.45, 7) is 1.96. The van der Waals surface area contributed by atoms with Gasteiger partial charge in [-0.15, -0.1) is 10.2 Å². The molecule has 24 heavy (non-hydrogen) atoms. The largest absolute Gasteiger partial charge is 0.387 e. The lowest BCUT2D eigenvalue weighted by Gasteiger charge is -2.15. The van der Waals surface area contributed by atoms with E-state index in [-0.39, 0.29) is 18.6 Å². The molecule has 0 bridgehead atoms. The lowest BCUT2D eigenvalue weighted by Crippen LogP contribution is -2.39. The number of aliphatic hydroxyl groups excluding tert-OH is 1. The Kier molecular flexibility index (Phi) is 4.72. The van der Waals surface area contributed by atoms with Crippen LogP contribution in [0, 0.1) is 0 Å². The van der Waals surface area contributed by atoms with E-state index in [4.69, 9.17) is 0 Å². The number of fused-ring (bicyclic) bond motifs is 1. The van der Waals surface area contributed by atoms with Crippen molar-refractivity contribution < 1.29 is 9.90 Å². The molecular formula is C17H19N5O2. The fraction of sp³-hybridized carbons (Fsp3) is 0.235. The second-order valence-corrected chi connectivity index (χ2v) is 5.49. The molecule has 3 N–H and O–H groups in total. The molecule has 3 aromatic rings. The van der Waals surface area contributed by atoms with Gasteiger partial charge in [0.05, 0.1) is 12.1 Å². The normalized spacial score (nSPS) is 13.4. The van der Waals surface area contributed by atoms with Crippen LogP contribution in [0.5, 0.6) is 0 Å². The summed E-state index contributed by atoms with van der Waals surface area (Å²) in [6, 6.07) is 14.1. The smallest absolute Gasteiger partial charge is 0.315 e. The molecule has 7 heteroatoms. The monoisotopic (exact) mass is 325 g/mol. The Morgan fingerprint density at radius 2 is 1.92 bits per heavy atom. The van der Waals surface area contributed by atoms with E-state index in [1.54, 1.807) is 0 Å². The van der Waals surface area contributed by atoms with Crippen molar-refractivity contribution in [2.75, 3.05) is 6.54 Å². The number of aromatic nitrogens is 3. The maximum Gasteiger partial charge on any atom is 0.315 e. The summed E-state index contributed by atoms with van der Waals surface area (Å²) in [5.74, 6) is 0.643. The molecule has 124 valence electrons. The molecule has 0 fully saturated rings. The Bertz CT molecular complexity index is 818. The fourth-order valence-corrected chi connectivity index (χ4v) is 2.45. The highest BCUT2D eigenvalue weighted by Gasteiger charge is 2.16. The minimum absolute atomic E-state index is 0.128. The van der Waals surface area contributed by atoms with E-state index in [0.717, 1.165) is 11.2 Å². The third kappa shape index (κ3) is 3.52. The molecule has 1 aromatic carbocycles. The molecule has 0 aliphatic rings. The molecule has 0 unspecified atom stereocenters. The van der Waals surface area contributed by atoms with Gasteiger partial charge in [-0.3, -0.25) is 4.40 Å². The lowest BCUT2D eigenvalue weighted by molar-refractivity contribution is 0.172. The van der Waals surface area contributed by atoms with E-state index >= 15 is 0 Å². The maximum atomic E-state index is 12.0. The summed E-state index contributed by atoms with van der Waals surface area (Å²) < 4.78 is 1.82. The zero-order chi connectivity index (χ0) is 16.9. The van der Waals surface area contributed by atoms with Crippen molar-refractivity contribution in [2.24, 2.45) is 0 Å². The maximum absolute atomic E-state index is 12.0. The number of urea groups is 1. The van der Waals surface area contributed by atoms with Crippen LogP contribution in [-0.4, -0.2) is 32.3 Å². The van der Waals surface area contributed by atoms with E-state index in [2.05, 4.69) is 20.8 Å². The van der Waals surface area contributed by atoms with Crippen LogP contribution in [0.4, 0.5) is 4.79 Å². The molecule has 0 saturated carbocycles. The quantitative estimate of drug-likeness (QED) is 0.667. The van der Waals surface area contributed by atoms with Crippen LogP contribution < -0.4 is 10.6 Å². The minimum Gasteiger partial charge on any atom is -0.387 e. The summed E-state index contributed by atoms with van der Waals surface area (Å²) in [6.07, 6.45) is 1.10. The molecule has 3 rings (SSSR count). The van der Waals surface area contributed by atoms with Crippen molar-refractivity contribution in [3.63, 3.8) is 0 Å². The number of rotatable bonds is 5. The van der Waals surface area contributed by atoms with Crippen molar-refractivity contribution in [1.82, 2.24) is 25.2 Å². The van der Waals surface area contributed by atoms with Gasteiger partial charge in [-0.1, -0.05) is 36.4 Å². The number of benzene rings is 1. The van der Waals surface area contributed by atoms with Gasteiger partial charge in [0, 0.05) is 12.7 Å². The molecule has 0 aliphatic carbocycles. The van der Waals surface area contributed by atoms with Crippen LogP contribution in [0.25, 0.3) is 5.65 Å². The van der Waals surface area contributed by atoms with Crippen molar-refractivity contribution in [3.8, 4) is 0 Å². The van der Waals surface area contributed by atoms with Crippen LogP contribution in [0.3, 0.4) is 0 Å². The summed E-state index contributed by atoms with van der Waals surface area (Å²) in [7, 11) is 0. The number of nitrogens with zero attached hydrogens (tertiary/aromatic N) is 3. The zero-order valence-corrected chi connectivity index (χ0v) is 13.3. The Hall–Kier alpha value is -2.93. The van der Waals surface area contributed by atoms with Crippen LogP contribution in [0.2, 0.25) is 0 Å². The molecule has 2 heterocycles. The number of hydrogen-bond donors (Lipinski definition) is 3.